The van der Waals surface area contributed by atoms with Gasteiger partial charge in [0.05, 0.1) is 0 Å². The van der Waals surface area contributed by atoms with E-state index < -0.39 is 0 Å². The number of hydrogen-bond acceptors (Lipinski definition) is 3. The Labute approximate surface area is 106 Å². The van der Waals surface area contributed by atoms with Gasteiger partial charge < -0.3 is 10.8 Å². The quantitative estimate of drug-likeness (QED) is 0.867. The summed E-state index contributed by atoms with van der Waals surface area (Å²) in [5.41, 5.74) is 6.73. The van der Waals surface area contributed by atoms with E-state index in [-0.39, 0.29) is 0 Å². The van der Waals surface area contributed by atoms with E-state index in [1.54, 1.807) is 23.5 Å². The smallest absolute Gasteiger partial charge is 0.115 e. The summed E-state index contributed by atoms with van der Waals surface area (Å²) in [7, 11) is 0. The van der Waals surface area contributed by atoms with Crippen molar-refractivity contribution in [2.75, 3.05) is 6.54 Å². The van der Waals surface area contributed by atoms with Crippen LogP contribution in [0.1, 0.15) is 24.1 Å². The first-order chi connectivity index (χ1) is 8.20. The Morgan fingerprint density at radius 2 is 1.88 bits per heavy atom. The van der Waals surface area contributed by atoms with Crippen LogP contribution in [-0.4, -0.2) is 11.7 Å². The molecule has 0 fully saturated rings. The molecule has 17 heavy (non-hydrogen) atoms. The number of phenols is 1. The topological polar surface area (TPSA) is 46.2 Å². The van der Waals surface area contributed by atoms with Crippen molar-refractivity contribution in [1.82, 2.24) is 0 Å². The molecule has 3 heteroatoms. The minimum atomic E-state index is 0.307. The van der Waals surface area contributed by atoms with Crippen molar-refractivity contribution in [1.29, 1.82) is 0 Å². The monoisotopic (exact) mass is 247 g/mol. The summed E-state index contributed by atoms with van der Waals surface area (Å²) in [6.45, 7) is 2.94. The van der Waals surface area contributed by atoms with Crippen LogP contribution < -0.4 is 5.73 Å². The lowest BCUT2D eigenvalue weighted by Crippen LogP contribution is -2.03. The number of rotatable bonds is 4. The zero-order valence-corrected chi connectivity index (χ0v) is 10.7. The van der Waals surface area contributed by atoms with Crippen molar-refractivity contribution in [2.24, 2.45) is 5.73 Å². The van der Waals surface area contributed by atoms with Crippen molar-refractivity contribution in [3.63, 3.8) is 0 Å². The van der Waals surface area contributed by atoms with Gasteiger partial charge in [0, 0.05) is 9.75 Å². The van der Waals surface area contributed by atoms with Gasteiger partial charge in [-0.3, -0.25) is 0 Å². The SMILES string of the molecule is CC(CCN)c1ccc(-c2ccc(O)cc2)s1. The van der Waals surface area contributed by atoms with Crippen LogP contribution in [0.2, 0.25) is 0 Å². The molecule has 0 aliphatic heterocycles. The van der Waals surface area contributed by atoms with Gasteiger partial charge in [-0.1, -0.05) is 6.92 Å². The molecule has 0 amide bonds. The largest absolute Gasteiger partial charge is 0.508 e. The number of aromatic hydroxyl groups is 1. The van der Waals surface area contributed by atoms with Crippen LogP contribution in [0.15, 0.2) is 36.4 Å². The van der Waals surface area contributed by atoms with Crippen molar-refractivity contribution in [3.8, 4) is 16.2 Å². The number of thiophene rings is 1. The van der Waals surface area contributed by atoms with E-state index in [2.05, 4.69) is 19.1 Å². The van der Waals surface area contributed by atoms with E-state index in [0.717, 1.165) is 18.5 Å². The first-order valence-corrected chi connectivity index (χ1v) is 6.61. The molecule has 0 spiro atoms. The summed E-state index contributed by atoms with van der Waals surface area (Å²) in [5, 5.41) is 9.26. The lowest BCUT2D eigenvalue weighted by atomic mass is 10.1. The van der Waals surface area contributed by atoms with Crippen LogP contribution in [0.3, 0.4) is 0 Å². The molecule has 1 aromatic carbocycles. The van der Waals surface area contributed by atoms with E-state index >= 15 is 0 Å². The fourth-order valence-electron chi connectivity index (χ4n) is 1.79. The van der Waals surface area contributed by atoms with Crippen LogP contribution >= 0.6 is 11.3 Å². The lowest BCUT2D eigenvalue weighted by Gasteiger charge is -2.06. The molecule has 0 saturated heterocycles. The zero-order chi connectivity index (χ0) is 12.3. The lowest BCUT2D eigenvalue weighted by molar-refractivity contribution is 0.475. The molecule has 2 rings (SSSR count). The fraction of sp³-hybridized carbons (Fsp3) is 0.286. The highest BCUT2D eigenvalue weighted by molar-refractivity contribution is 7.15. The summed E-state index contributed by atoms with van der Waals surface area (Å²) in [5.74, 6) is 0.831. The van der Waals surface area contributed by atoms with Crippen molar-refractivity contribution >= 4 is 11.3 Å². The summed E-state index contributed by atoms with van der Waals surface area (Å²) in [6.07, 6.45) is 1.02. The molecule has 0 radical (unpaired) electrons. The fourth-order valence-corrected chi connectivity index (χ4v) is 2.89. The highest BCUT2D eigenvalue weighted by Gasteiger charge is 2.08. The maximum Gasteiger partial charge on any atom is 0.115 e. The Bertz CT molecular complexity index is 475. The van der Waals surface area contributed by atoms with Gasteiger partial charge in [0.25, 0.3) is 0 Å². The van der Waals surface area contributed by atoms with Crippen LogP contribution in [0, 0.1) is 0 Å². The van der Waals surface area contributed by atoms with E-state index in [1.807, 2.05) is 12.1 Å². The third-order valence-corrected chi connectivity index (χ3v) is 4.23. The molecule has 2 aromatic rings. The Hall–Kier alpha value is -1.32. The second-order valence-corrected chi connectivity index (χ2v) is 5.34. The molecule has 2 nitrogen and oxygen atoms in total. The van der Waals surface area contributed by atoms with Crippen LogP contribution in [-0.2, 0) is 0 Å². The van der Waals surface area contributed by atoms with E-state index in [0.29, 0.717) is 11.7 Å². The highest BCUT2D eigenvalue weighted by Crippen LogP contribution is 2.33. The Morgan fingerprint density at radius 1 is 1.18 bits per heavy atom. The Kier molecular flexibility index (Phi) is 3.82. The predicted octanol–water partition coefficient (Wildman–Crippen LogP) is 3.57. The molecule has 1 atom stereocenters. The predicted molar refractivity (Wildman–Crippen MR) is 73.5 cm³/mol. The van der Waals surface area contributed by atoms with Gasteiger partial charge in [0.15, 0.2) is 0 Å². The first kappa shape index (κ1) is 12.1. The molecule has 1 aromatic heterocycles. The van der Waals surface area contributed by atoms with Crippen molar-refractivity contribution in [2.45, 2.75) is 19.3 Å². The third kappa shape index (κ3) is 2.87. The molecule has 3 N–H and O–H groups in total. The first-order valence-electron chi connectivity index (χ1n) is 5.80. The minimum Gasteiger partial charge on any atom is -0.508 e. The van der Waals surface area contributed by atoms with Crippen molar-refractivity contribution in [3.05, 3.63) is 41.3 Å². The Balaban J connectivity index is 2.20. The molecule has 90 valence electrons. The second-order valence-electron chi connectivity index (χ2n) is 4.23. The van der Waals surface area contributed by atoms with Gasteiger partial charge >= 0.3 is 0 Å². The maximum absolute atomic E-state index is 9.26. The highest BCUT2D eigenvalue weighted by atomic mass is 32.1. The standard InChI is InChI=1S/C14H17NOS/c1-10(8-9-15)13-6-7-14(17-13)11-2-4-12(16)5-3-11/h2-7,10,16H,8-9,15H2,1H3. The van der Waals surface area contributed by atoms with Gasteiger partial charge in [-0.05, 0) is 60.8 Å². The molecular weight excluding hydrogens is 230 g/mol. The number of phenolic OH excluding ortho intramolecular Hbond substituents is 1. The zero-order valence-electron chi connectivity index (χ0n) is 9.89. The number of hydrogen-bond donors (Lipinski definition) is 2. The van der Waals surface area contributed by atoms with E-state index in [4.69, 9.17) is 5.73 Å². The number of benzene rings is 1. The van der Waals surface area contributed by atoms with E-state index in [1.165, 1.54) is 9.75 Å². The molecule has 0 bridgehead atoms. The summed E-state index contributed by atoms with van der Waals surface area (Å²) < 4.78 is 0. The normalized spacial score (nSPS) is 12.6. The minimum absolute atomic E-state index is 0.307. The Morgan fingerprint density at radius 3 is 2.53 bits per heavy atom. The molecular formula is C14H17NOS. The van der Waals surface area contributed by atoms with Gasteiger partial charge in [-0.2, -0.15) is 0 Å². The van der Waals surface area contributed by atoms with Gasteiger partial charge in [0.2, 0.25) is 0 Å². The number of nitrogens with two attached hydrogens (primary N) is 1. The maximum atomic E-state index is 9.26. The van der Waals surface area contributed by atoms with E-state index in [9.17, 15) is 5.11 Å². The second kappa shape index (κ2) is 5.34. The average molecular weight is 247 g/mol. The van der Waals surface area contributed by atoms with Crippen molar-refractivity contribution < 1.29 is 5.11 Å². The van der Waals surface area contributed by atoms with Gasteiger partial charge in [-0.25, -0.2) is 0 Å². The van der Waals surface area contributed by atoms with Crippen LogP contribution in [0.25, 0.3) is 10.4 Å². The van der Waals surface area contributed by atoms with Crippen LogP contribution in [0.5, 0.6) is 5.75 Å². The molecule has 1 unspecified atom stereocenters. The molecule has 1 heterocycles. The summed E-state index contributed by atoms with van der Waals surface area (Å²) in [4.78, 5) is 2.61. The third-order valence-electron chi connectivity index (χ3n) is 2.86. The molecule has 0 aliphatic rings. The van der Waals surface area contributed by atoms with Gasteiger partial charge in [-0.15, -0.1) is 11.3 Å². The summed E-state index contributed by atoms with van der Waals surface area (Å²) in [6, 6.07) is 11.6. The van der Waals surface area contributed by atoms with Crippen LogP contribution in [0.4, 0.5) is 0 Å². The molecule has 0 saturated carbocycles. The average Bonchev–Trinajstić information content (AvgIpc) is 2.80. The van der Waals surface area contributed by atoms with Gasteiger partial charge in [0.1, 0.15) is 5.75 Å². The molecule has 0 aliphatic carbocycles. The summed E-state index contributed by atoms with van der Waals surface area (Å²) >= 11 is 1.80.